The van der Waals surface area contributed by atoms with Crippen LogP contribution in [-0.4, -0.2) is 18.4 Å². The zero-order valence-corrected chi connectivity index (χ0v) is 17.8. The molecule has 0 aliphatic rings. The van der Waals surface area contributed by atoms with Gasteiger partial charge in [-0.05, 0) is 67.1 Å². The highest BCUT2D eigenvalue weighted by molar-refractivity contribution is 6.35. The Labute approximate surface area is 189 Å². The van der Waals surface area contributed by atoms with Crippen molar-refractivity contribution in [2.75, 3.05) is 17.2 Å². The zero-order valence-electron chi connectivity index (χ0n) is 16.3. The number of hydrogen-bond acceptors (Lipinski definition) is 3. The monoisotopic (exact) mass is 460 g/mol. The molecule has 0 heterocycles. The topological polar surface area (TPSA) is 67.4 Å². The van der Waals surface area contributed by atoms with E-state index in [1.807, 2.05) is 0 Å². The first-order valence-electron chi connectivity index (χ1n) is 9.45. The number of anilines is 2. The molecule has 31 heavy (non-hydrogen) atoms. The Morgan fingerprint density at radius 1 is 0.903 bits per heavy atom. The molecule has 3 aromatic rings. The van der Waals surface area contributed by atoms with Crippen molar-refractivity contribution in [1.29, 1.82) is 0 Å². The molecule has 0 fully saturated rings. The first kappa shape index (κ1) is 22.6. The summed E-state index contributed by atoms with van der Waals surface area (Å²) in [5.41, 5.74) is 1.34. The summed E-state index contributed by atoms with van der Waals surface area (Å²) in [6.07, 6.45) is 0.715. The van der Waals surface area contributed by atoms with Gasteiger partial charge in [0, 0.05) is 28.4 Å². The van der Waals surface area contributed by atoms with Crippen LogP contribution in [0.1, 0.15) is 23.2 Å². The molecule has 0 saturated heterocycles. The Balaban J connectivity index is 1.47. The average molecular weight is 461 g/mol. The van der Waals surface area contributed by atoms with E-state index >= 15 is 0 Å². The summed E-state index contributed by atoms with van der Waals surface area (Å²) in [5, 5.41) is 6.36. The number of carbonyl (C=O) groups is 2. The highest BCUT2D eigenvalue weighted by Gasteiger charge is 2.09. The van der Waals surface area contributed by atoms with E-state index in [1.54, 1.807) is 42.5 Å². The zero-order chi connectivity index (χ0) is 22.2. The Hall–Kier alpha value is -3.09. The summed E-state index contributed by atoms with van der Waals surface area (Å²) in [6.45, 7) is 0.314. The Bertz CT molecular complexity index is 1070. The Morgan fingerprint density at radius 2 is 1.68 bits per heavy atom. The number of hydrogen-bond donors (Lipinski definition) is 2. The molecule has 0 aliphatic heterocycles. The largest absolute Gasteiger partial charge is 0.492 e. The minimum Gasteiger partial charge on any atom is -0.492 e. The summed E-state index contributed by atoms with van der Waals surface area (Å²) >= 11 is 11.9. The molecule has 2 amide bonds. The van der Waals surface area contributed by atoms with E-state index < -0.39 is 0 Å². The molecule has 3 aromatic carbocycles. The summed E-state index contributed by atoms with van der Waals surface area (Å²) < 4.78 is 18.5. The molecule has 0 spiro atoms. The fraction of sp³-hybridized carbons (Fsp3) is 0.130. The molecule has 8 heteroatoms. The lowest BCUT2D eigenvalue weighted by Crippen LogP contribution is -2.15. The summed E-state index contributed by atoms with van der Waals surface area (Å²) in [5.74, 6) is -0.450. The molecular weight excluding hydrogens is 442 g/mol. The van der Waals surface area contributed by atoms with E-state index in [0.29, 0.717) is 45.8 Å². The molecule has 5 nitrogen and oxygen atoms in total. The molecular formula is C23H19Cl2FN2O3. The lowest BCUT2D eigenvalue weighted by atomic mass is 10.1. The van der Waals surface area contributed by atoms with Crippen molar-refractivity contribution in [3.8, 4) is 5.75 Å². The van der Waals surface area contributed by atoms with Crippen molar-refractivity contribution >= 4 is 46.4 Å². The highest BCUT2D eigenvalue weighted by Crippen LogP contribution is 2.27. The maximum Gasteiger partial charge on any atom is 0.255 e. The first-order chi connectivity index (χ1) is 14.9. The van der Waals surface area contributed by atoms with Crippen LogP contribution < -0.4 is 15.4 Å². The van der Waals surface area contributed by atoms with Gasteiger partial charge in [-0.3, -0.25) is 9.59 Å². The van der Waals surface area contributed by atoms with Crippen LogP contribution in [0.25, 0.3) is 0 Å². The molecule has 0 unspecified atom stereocenters. The van der Waals surface area contributed by atoms with E-state index in [1.165, 1.54) is 24.3 Å². The van der Waals surface area contributed by atoms with Crippen LogP contribution in [0, 0.1) is 5.82 Å². The predicted molar refractivity (Wildman–Crippen MR) is 121 cm³/mol. The number of benzene rings is 3. The molecule has 0 atom stereocenters. The van der Waals surface area contributed by atoms with E-state index in [-0.39, 0.29) is 24.1 Å². The molecule has 0 radical (unpaired) electrons. The quantitative estimate of drug-likeness (QED) is 0.394. The first-order valence-corrected chi connectivity index (χ1v) is 10.2. The summed E-state index contributed by atoms with van der Waals surface area (Å²) in [7, 11) is 0. The molecule has 0 aliphatic carbocycles. The van der Waals surface area contributed by atoms with Gasteiger partial charge in [-0.25, -0.2) is 4.39 Å². The average Bonchev–Trinajstić information content (AvgIpc) is 2.74. The highest BCUT2D eigenvalue weighted by atomic mass is 35.5. The fourth-order valence-electron chi connectivity index (χ4n) is 2.71. The van der Waals surface area contributed by atoms with Gasteiger partial charge in [0.15, 0.2) is 0 Å². The van der Waals surface area contributed by atoms with Crippen molar-refractivity contribution in [3.63, 3.8) is 0 Å². The standard InChI is InChI=1S/C23H19Cl2FN2O3/c24-16-6-11-21(20(25)14-16)31-12-2-5-22(29)27-19-4-1-3-15(13-19)23(30)28-18-9-7-17(26)8-10-18/h1,3-4,6-11,13-14H,2,5,12H2,(H,27,29)(H,28,30). The van der Waals surface area contributed by atoms with Crippen molar-refractivity contribution < 1.29 is 18.7 Å². The number of carbonyl (C=O) groups excluding carboxylic acids is 2. The van der Waals surface area contributed by atoms with E-state index in [0.717, 1.165) is 0 Å². The SMILES string of the molecule is O=C(CCCOc1ccc(Cl)cc1Cl)Nc1cccc(C(=O)Nc2ccc(F)cc2)c1. The van der Waals surface area contributed by atoms with Gasteiger partial charge in [-0.1, -0.05) is 29.3 Å². The number of amides is 2. The molecule has 0 aromatic heterocycles. The maximum atomic E-state index is 13.0. The van der Waals surface area contributed by atoms with E-state index in [4.69, 9.17) is 27.9 Å². The Kier molecular flexibility index (Phi) is 7.87. The lowest BCUT2D eigenvalue weighted by Gasteiger charge is -2.10. The summed E-state index contributed by atoms with van der Waals surface area (Å²) in [6, 6.07) is 17.0. The Morgan fingerprint density at radius 3 is 2.42 bits per heavy atom. The smallest absolute Gasteiger partial charge is 0.255 e. The number of ether oxygens (including phenoxy) is 1. The van der Waals surface area contributed by atoms with Crippen LogP contribution in [0.5, 0.6) is 5.75 Å². The van der Waals surface area contributed by atoms with Crippen LogP contribution >= 0.6 is 23.2 Å². The van der Waals surface area contributed by atoms with Crippen LogP contribution in [0.15, 0.2) is 66.7 Å². The van der Waals surface area contributed by atoms with E-state index in [9.17, 15) is 14.0 Å². The second-order valence-corrected chi connectivity index (χ2v) is 7.46. The number of halogens is 3. The fourth-order valence-corrected chi connectivity index (χ4v) is 3.17. The van der Waals surface area contributed by atoms with Crippen molar-refractivity contribution in [2.24, 2.45) is 0 Å². The van der Waals surface area contributed by atoms with Gasteiger partial charge in [0.2, 0.25) is 5.91 Å². The molecule has 0 saturated carbocycles. The van der Waals surface area contributed by atoms with Crippen molar-refractivity contribution in [3.05, 3.63) is 88.2 Å². The van der Waals surface area contributed by atoms with Gasteiger partial charge >= 0.3 is 0 Å². The van der Waals surface area contributed by atoms with Crippen LogP contribution in [0.4, 0.5) is 15.8 Å². The molecule has 2 N–H and O–H groups in total. The van der Waals surface area contributed by atoms with E-state index in [2.05, 4.69) is 10.6 Å². The molecule has 160 valence electrons. The third-order valence-corrected chi connectivity index (χ3v) is 4.74. The number of rotatable bonds is 8. The molecule has 0 bridgehead atoms. The van der Waals surface area contributed by atoms with Crippen molar-refractivity contribution in [2.45, 2.75) is 12.8 Å². The normalized spacial score (nSPS) is 10.4. The second-order valence-electron chi connectivity index (χ2n) is 6.62. The van der Waals surface area contributed by atoms with Gasteiger partial charge < -0.3 is 15.4 Å². The van der Waals surface area contributed by atoms with Crippen molar-refractivity contribution in [1.82, 2.24) is 0 Å². The van der Waals surface area contributed by atoms with Gasteiger partial charge in [-0.15, -0.1) is 0 Å². The van der Waals surface area contributed by atoms with Gasteiger partial charge in [0.25, 0.3) is 5.91 Å². The van der Waals surface area contributed by atoms with Crippen LogP contribution in [0.3, 0.4) is 0 Å². The van der Waals surface area contributed by atoms with Gasteiger partial charge in [0.05, 0.1) is 11.6 Å². The van der Waals surface area contributed by atoms with Crippen LogP contribution in [0.2, 0.25) is 10.0 Å². The van der Waals surface area contributed by atoms with Crippen LogP contribution in [-0.2, 0) is 4.79 Å². The lowest BCUT2D eigenvalue weighted by molar-refractivity contribution is -0.116. The third-order valence-electron chi connectivity index (χ3n) is 4.21. The van der Waals surface area contributed by atoms with Gasteiger partial charge in [-0.2, -0.15) is 0 Å². The minimum atomic E-state index is -0.385. The predicted octanol–water partition coefficient (Wildman–Crippen LogP) is 6.18. The second kappa shape index (κ2) is 10.8. The summed E-state index contributed by atoms with van der Waals surface area (Å²) in [4.78, 5) is 24.6. The maximum absolute atomic E-state index is 13.0. The third kappa shape index (κ3) is 6.98. The minimum absolute atomic E-state index is 0.207. The number of nitrogens with one attached hydrogen (secondary N) is 2. The van der Waals surface area contributed by atoms with Gasteiger partial charge in [0.1, 0.15) is 11.6 Å². The molecule has 3 rings (SSSR count).